The molecule has 0 saturated heterocycles. The molecule has 0 aromatic heterocycles. The van der Waals surface area contributed by atoms with Gasteiger partial charge in [-0.05, 0) is 24.3 Å². The van der Waals surface area contributed by atoms with Gasteiger partial charge in [0.1, 0.15) is 0 Å². The molecule has 0 saturated carbocycles. The smallest absolute Gasteiger partial charge is 0.262 e. The summed E-state index contributed by atoms with van der Waals surface area (Å²) in [6.45, 7) is 0. The number of sulfonamides is 2. The predicted octanol–water partition coefficient (Wildman–Crippen LogP) is 1.11. The van der Waals surface area contributed by atoms with Crippen molar-refractivity contribution >= 4 is 25.9 Å². The van der Waals surface area contributed by atoms with E-state index in [0.717, 1.165) is 0 Å². The summed E-state index contributed by atoms with van der Waals surface area (Å²) < 4.78 is 53.9. The van der Waals surface area contributed by atoms with Gasteiger partial charge >= 0.3 is 0 Å². The number of rotatable bonds is 2. The zero-order chi connectivity index (χ0) is 15.1. The van der Waals surface area contributed by atoms with Crippen LogP contribution in [-0.4, -0.2) is 22.7 Å². The topological polar surface area (TPSA) is 92.7 Å². The van der Waals surface area contributed by atoms with E-state index in [1.54, 1.807) is 30.3 Å². The van der Waals surface area contributed by atoms with Crippen molar-refractivity contribution in [1.82, 2.24) is 4.72 Å². The molecule has 0 radical (unpaired) electrons. The van der Waals surface area contributed by atoms with E-state index in [0.29, 0.717) is 0 Å². The molecule has 1 aliphatic rings. The minimum absolute atomic E-state index is 0.000999. The summed E-state index contributed by atoms with van der Waals surface area (Å²) in [5, 5.41) is 0. The number of amidine groups is 1. The molecule has 2 aromatic rings. The van der Waals surface area contributed by atoms with Crippen molar-refractivity contribution in [3.8, 4) is 0 Å². The Kier molecular flexibility index (Phi) is 3.07. The van der Waals surface area contributed by atoms with E-state index in [1.165, 1.54) is 24.3 Å². The summed E-state index contributed by atoms with van der Waals surface area (Å²) >= 11 is 0. The molecule has 0 unspecified atom stereocenters. The van der Waals surface area contributed by atoms with E-state index in [4.69, 9.17) is 0 Å². The Morgan fingerprint density at radius 1 is 0.905 bits per heavy atom. The molecule has 0 amide bonds. The van der Waals surface area contributed by atoms with Crippen LogP contribution in [0.1, 0.15) is 5.56 Å². The molecule has 0 fully saturated rings. The van der Waals surface area contributed by atoms with Crippen LogP contribution in [0.4, 0.5) is 0 Å². The third-order valence-electron chi connectivity index (χ3n) is 2.92. The van der Waals surface area contributed by atoms with Crippen LogP contribution in [0.5, 0.6) is 0 Å². The van der Waals surface area contributed by atoms with Gasteiger partial charge in [-0.25, -0.2) is 8.42 Å². The van der Waals surface area contributed by atoms with Crippen LogP contribution in [-0.2, 0) is 20.0 Å². The first-order chi connectivity index (χ1) is 9.90. The molecule has 6 nitrogen and oxygen atoms in total. The Morgan fingerprint density at radius 3 is 2.24 bits per heavy atom. The van der Waals surface area contributed by atoms with Gasteiger partial charge in [0, 0.05) is 5.56 Å². The summed E-state index contributed by atoms with van der Waals surface area (Å²) in [7, 11) is -7.73. The van der Waals surface area contributed by atoms with Crippen molar-refractivity contribution in [3.63, 3.8) is 0 Å². The maximum Gasteiger partial charge on any atom is 0.284 e. The highest BCUT2D eigenvalue weighted by Gasteiger charge is 2.31. The van der Waals surface area contributed by atoms with Crippen LogP contribution in [0.3, 0.4) is 0 Å². The fourth-order valence-corrected chi connectivity index (χ4v) is 4.25. The summed E-state index contributed by atoms with van der Waals surface area (Å²) in [4.78, 5) is 0.0214. The molecule has 8 heteroatoms. The molecule has 1 heterocycles. The molecule has 0 bridgehead atoms. The number of fused-ring (bicyclic) bond motifs is 1. The maximum atomic E-state index is 12.2. The van der Waals surface area contributed by atoms with Gasteiger partial charge in [-0.3, -0.25) is 4.72 Å². The molecule has 0 atom stereocenters. The molecular formula is C13H10N2O4S2. The fraction of sp³-hybridized carbons (Fsp3) is 0. The van der Waals surface area contributed by atoms with Gasteiger partial charge in [0.2, 0.25) is 0 Å². The van der Waals surface area contributed by atoms with Gasteiger partial charge in [0.15, 0.2) is 5.84 Å². The van der Waals surface area contributed by atoms with Gasteiger partial charge in [-0.15, -0.1) is 4.40 Å². The first kappa shape index (κ1) is 13.8. The van der Waals surface area contributed by atoms with E-state index in [2.05, 4.69) is 9.12 Å². The minimum atomic E-state index is -3.98. The quantitative estimate of drug-likeness (QED) is 0.896. The number of nitrogens with zero attached hydrogens (tertiary/aromatic N) is 1. The Bertz CT molecular complexity index is 933. The van der Waals surface area contributed by atoms with Crippen LogP contribution in [0.25, 0.3) is 0 Å². The molecule has 3 rings (SSSR count). The lowest BCUT2D eigenvalue weighted by Crippen LogP contribution is -2.23. The van der Waals surface area contributed by atoms with Gasteiger partial charge in [-0.1, -0.05) is 30.3 Å². The zero-order valence-corrected chi connectivity index (χ0v) is 12.2. The standard InChI is InChI=1S/C13H10N2O4S2/c16-20(17,10-6-2-1-3-7-10)14-13-11-8-4-5-9-12(11)21(18,19)15-13/h1-9H,(H,14,15). The number of hydrogen-bond acceptors (Lipinski definition) is 4. The van der Waals surface area contributed by atoms with Crippen LogP contribution >= 0.6 is 0 Å². The van der Waals surface area contributed by atoms with Crippen molar-refractivity contribution in [2.45, 2.75) is 9.79 Å². The SMILES string of the molecule is O=S(=O)(N=C1NS(=O)(=O)c2ccccc21)c1ccccc1. The normalized spacial score (nSPS) is 18.2. The van der Waals surface area contributed by atoms with Gasteiger partial charge in [0.05, 0.1) is 9.79 Å². The lowest BCUT2D eigenvalue weighted by Gasteiger charge is -2.01. The Labute approximate surface area is 122 Å². The van der Waals surface area contributed by atoms with Gasteiger partial charge < -0.3 is 0 Å². The van der Waals surface area contributed by atoms with E-state index in [9.17, 15) is 16.8 Å². The number of nitrogens with one attached hydrogen (secondary N) is 1. The van der Waals surface area contributed by atoms with Gasteiger partial charge in [-0.2, -0.15) is 8.42 Å². The zero-order valence-electron chi connectivity index (χ0n) is 10.6. The monoisotopic (exact) mass is 322 g/mol. The van der Waals surface area contributed by atoms with Crippen molar-refractivity contribution in [1.29, 1.82) is 0 Å². The summed E-state index contributed by atoms with van der Waals surface area (Å²) in [5.74, 6) is -0.186. The second-order valence-electron chi connectivity index (χ2n) is 4.33. The van der Waals surface area contributed by atoms with Crippen LogP contribution in [0, 0.1) is 0 Å². The highest BCUT2D eigenvalue weighted by Crippen LogP contribution is 2.23. The molecular weight excluding hydrogens is 312 g/mol. The molecule has 1 N–H and O–H groups in total. The third-order valence-corrected chi connectivity index (χ3v) is 5.60. The van der Waals surface area contributed by atoms with E-state index < -0.39 is 20.0 Å². The largest absolute Gasteiger partial charge is 0.284 e. The van der Waals surface area contributed by atoms with Crippen molar-refractivity contribution in [2.75, 3.05) is 0 Å². The number of hydrogen-bond donors (Lipinski definition) is 1. The highest BCUT2D eigenvalue weighted by molar-refractivity contribution is 7.91. The lowest BCUT2D eigenvalue weighted by molar-refractivity contribution is 0.595. The Hall–Kier alpha value is -2.19. The summed E-state index contributed by atoms with van der Waals surface area (Å²) in [6, 6.07) is 13.7. The van der Waals surface area contributed by atoms with Crippen molar-refractivity contribution < 1.29 is 16.8 Å². The van der Waals surface area contributed by atoms with Crippen molar-refractivity contribution in [2.24, 2.45) is 4.40 Å². The van der Waals surface area contributed by atoms with Crippen LogP contribution in [0.15, 0.2) is 68.8 Å². The first-order valence-corrected chi connectivity index (χ1v) is 8.85. The van der Waals surface area contributed by atoms with Crippen LogP contribution in [0.2, 0.25) is 0 Å². The predicted molar refractivity (Wildman–Crippen MR) is 76.9 cm³/mol. The second kappa shape index (κ2) is 4.68. The summed E-state index contributed by atoms with van der Waals surface area (Å²) in [5.41, 5.74) is 0.247. The van der Waals surface area contributed by atoms with Crippen LogP contribution < -0.4 is 4.72 Å². The molecule has 1 aliphatic heterocycles. The second-order valence-corrected chi connectivity index (χ2v) is 7.58. The molecule has 0 aliphatic carbocycles. The molecule has 108 valence electrons. The molecule has 21 heavy (non-hydrogen) atoms. The molecule has 0 spiro atoms. The lowest BCUT2D eigenvalue weighted by atomic mass is 10.2. The van der Waals surface area contributed by atoms with Crippen molar-refractivity contribution in [3.05, 3.63) is 60.2 Å². The number of benzene rings is 2. The third kappa shape index (κ3) is 2.43. The van der Waals surface area contributed by atoms with E-state index in [1.807, 2.05) is 0 Å². The molecule has 2 aromatic carbocycles. The summed E-state index contributed by atoms with van der Waals surface area (Å²) in [6.07, 6.45) is 0. The maximum absolute atomic E-state index is 12.2. The van der Waals surface area contributed by atoms with Gasteiger partial charge in [0.25, 0.3) is 20.0 Å². The first-order valence-electron chi connectivity index (χ1n) is 5.92. The minimum Gasteiger partial charge on any atom is -0.262 e. The van der Waals surface area contributed by atoms with E-state index >= 15 is 0 Å². The van der Waals surface area contributed by atoms with E-state index in [-0.39, 0.29) is 21.2 Å². The Morgan fingerprint density at radius 2 is 1.52 bits per heavy atom. The Balaban J connectivity index is 2.15. The highest BCUT2D eigenvalue weighted by atomic mass is 32.2. The average molecular weight is 322 g/mol. The fourth-order valence-electron chi connectivity index (χ4n) is 1.97. The average Bonchev–Trinajstić information content (AvgIpc) is 2.71.